The third-order valence-corrected chi connectivity index (χ3v) is 8.37. The number of hydrogen-bond acceptors (Lipinski definition) is 6. The van der Waals surface area contributed by atoms with Gasteiger partial charge in [0.25, 0.3) is 11.8 Å². The van der Waals surface area contributed by atoms with Crippen molar-refractivity contribution in [3.63, 3.8) is 0 Å². The summed E-state index contributed by atoms with van der Waals surface area (Å²) in [7, 11) is 0. The molecule has 41 heavy (non-hydrogen) atoms. The van der Waals surface area contributed by atoms with Gasteiger partial charge in [-0.3, -0.25) is 28.8 Å². The van der Waals surface area contributed by atoms with E-state index in [0.717, 1.165) is 12.0 Å². The van der Waals surface area contributed by atoms with Gasteiger partial charge in [-0.15, -0.1) is 0 Å². The normalized spacial score (nSPS) is 26.8. The first-order valence-electron chi connectivity index (χ1n) is 13.5. The minimum Gasteiger partial charge on any atom is -0.369 e. The van der Waals surface area contributed by atoms with Crippen LogP contribution in [-0.4, -0.2) is 77.5 Å². The number of amides is 6. The Bertz CT molecular complexity index is 1370. The molecule has 214 valence electrons. The number of nitrogens with two attached hydrogens (primary N) is 3. The summed E-state index contributed by atoms with van der Waals surface area (Å²) in [6.45, 7) is -0.00272. The standard InChI is InChI=1S/C29H32N6O6/c30-24(36)19-11-34(12-20(19)25(31)37)28(40)16-6-8-17(9-7-16)29(41)35-13-21(26(32)38)22(14-35)27(39)33-23-10-18(23)15-4-2-1-3-5-15/h1-9,18-23H,10-14H2,(H2,30,36)(H2,31,37)(H2,32,38)(H,33,39)/t18-,19-,20-,21-,22-,23+/m1/s1. The topological polar surface area (TPSA) is 199 Å². The van der Waals surface area contributed by atoms with Crippen molar-refractivity contribution in [1.29, 1.82) is 0 Å². The first kappa shape index (κ1) is 27.8. The number of hydrogen-bond donors (Lipinski definition) is 4. The molecule has 12 nitrogen and oxygen atoms in total. The Balaban J connectivity index is 1.21. The van der Waals surface area contributed by atoms with E-state index in [1.165, 1.54) is 34.1 Å². The quantitative estimate of drug-likeness (QED) is 0.325. The predicted octanol–water partition coefficient (Wildman–Crippen LogP) is -0.809. The molecule has 2 aromatic carbocycles. The minimum absolute atomic E-state index is 0.0104. The van der Waals surface area contributed by atoms with Crippen molar-refractivity contribution in [2.24, 2.45) is 40.9 Å². The minimum atomic E-state index is -0.861. The molecule has 3 aliphatic rings. The molecular weight excluding hydrogens is 528 g/mol. The third-order valence-electron chi connectivity index (χ3n) is 8.37. The number of carbonyl (C=O) groups is 6. The summed E-state index contributed by atoms with van der Waals surface area (Å²) < 4.78 is 0. The van der Waals surface area contributed by atoms with Crippen LogP contribution in [0.25, 0.3) is 0 Å². The van der Waals surface area contributed by atoms with Crippen molar-refractivity contribution in [2.45, 2.75) is 18.4 Å². The van der Waals surface area contributed by atoms with Crippen LogP contribution in [-0.2, 0) is 19.2 Å². The Morgan fingerprint density at radius 2 is 1.02 bits per heavy atom. The molecule has 2 aromatic rings. The number of benzene rings is 2. The maximum absolute atomic E-state index is 13.3. The molecule has 7 N–H and O–H groups in total. The molecule has 0 spiro atoms. The Labute approximate surface area is 236 Å². The van der Waals surface area contributed by atoms with Crippen molar-refractivity contribution < 1.29 is 28.8 Å². The lowest BCUT2D eigenvalue weighted by molar-refractivity contribution is -0.131. The average molecular weight is 561 g/mol. The molecule has 2 heterocycles. The van der Waals surface area contributed by atoms with Gasteiger partial charge in [0.1, 0.15) is 0 Å². The Hall–Kier alpha value is -4.74. The van der Waals surface area contributed by atoms with Crippen LogP contribution < -0.4 is 22.5 Å². The molecule has 6 amide bonds. The molecule has 6 atom stereocenters. The van der Waals surface area contributed by atoms with Crippen molar-refractivity contribution >= 4 is 35.4 Å². The van der Waals surface area contributed by atoms with Gasteiger partial charge in [0.15, 0.2) is 0 Å². The van der Waals surface area contributed by atoms with Crippen LogP contribution in [0.4, 0.5) is 0 Å². The summed E-state index contributed by atoms with van der Waals surface area (Å²) in [5, 5.41) is 3.01. The summed E-state index contributed by atoms with van der Waals surface area (Å²) in [6.07, 6.45) is 0.807. The van der Waals surface area contributed by atoms with Gasteiger partial charge in [0.2, 0.25) is 23.6 Å². The van der Waals surface area contributed by atoms with E-state index < -0.39 is 53.2 Å². The summed E-state index contributed by atoms with van der Waals surface area (Å²) in [5.74, 6) is -6.27. The van der Waals surface area contributed by atoms with E-state index in [1.54, 1.807) is 0 Å². The van der Waals surface area contributed by atoms with E-state index in [0.29, 0.717) is 0 Å². The molecule has 1 saturated carbocycles. The van der Waals surface area contributed by atoms with Crippen LogP contribution in [0, 0.1) is 23.7 Å². The summed E-state index contributed by atoms with van der Waals surface area (Å²) >= 11 is 0. The fourth-order valence-electron chi connectivity index (χ4n) is 5.90. The summed E-state index contributed by atoms with van der Waals surface area (Å²) in [6, 6.07) is 15.7. The van der Waals surface area contributed by atoms with Crippen LogP contribution in [0.2, 0.25) is 0 Å². The molecule has 12 heteroatoms. The summed E-state index contributed by atoms with van der Waals surface area (Å²) in [4.78, 5) is 77.7. The lowest BCUT2D eigenvalue weighted by atomic mass is 9.94. The van der Waals surface area contributed by atoms with E-state index in [2.05, 4.69) is 5.32 Å². The van der Waals surface area contributed by atoms with Crippen LogP contribution >= 0.6 is 0 Å². The molecule has 1 aliphatic carbocycles. The zero-order chi connectivity index (χ0) is 29.4. The van der Waals surface area contributed by atoms with Crippen LogP contribution in [0.15, 0.2) is 54.6 Å². The lowest BCUT2D eigenvalue weighted by Crippen LogP contribution is -2.40. The van der Waals surface area contributed by atoms with Gasteiger partial charge in [-0.2, -0.15) is 0 Å². The van der Waals surface area contributed by atoms with Gasteiger partial charge in [-0.1, -0.05) is 30.3 Å². The van der Waals surface area contributed by atoms with Gasteiger partial charge in [-0.25, -0.2) is 0 Å². The molecule has 3 fully saturated rings. The van der Waals surface area contributed by atoms with Gasteiger partial charge >= 0.3 is 0 Å². The maximum atomic E-state index is 13.3. The highest BCUT2D eigenvalue weighted by Crippen LogP contribution is 2.41. The van der Waals surface area contributed by atoms with E-state index in [9.17, 15) is 28.8 Å². The van der Waals surface area contributed by atoms with Crippen molar-refractivity contribution in [2.75, 3.05) is 26.2 Å². The van der Waals surface area contributed by atoms with Crippen molar-refractivity contribution in [3.05, 3.63) is 71.3 Å². The Morgan fingerprint density at radius 1 is 0.610 bits per heavy atom. The fraction of sp³-hybridized carbons (Fsp3) is 0.379. The van der Waals surface area contributed by atoms with Crippen LogP contribution in [0.1, 0.15) is 38.6 Å². The zero-order valence-corrected chi connectivity index (χ0v) is 22.3. The SMILES string of the molecule is NC(=O)[C@@H]1CN(C(=O)c2ccc(C(=O)N3C[C@@H](C(N)=O)[C@H](C(=O)N[C@H]4C[C@@H]4c4ccccc4)C3)cc2)C[C@H]1C(N)=O. The van der Waals surface area contributed by atoms with Crippen molar-refractivity contribution in [3.8, 4) is 0 Å². The van der Waals surface area contributed by atoms with Crippen molar-refractivity contribution in [1.82, 2.24) is 15.1 Å². The van der Waals surface area contributed by atoms with Crippen LogP contribution in [0.3, 0.4) is 0 Å². The number of carbonyl (C=O) groups excluding carboxylic acids is 6. The molecule has 5 rings (SSSR count). The molecule has 0 bridgehead atoms. The number of likely N-dealkylation sites (tertiary alicyclic amines) is 2. The van der Waals surface area contributed by atoms with E-state index in [1.807, 2.05) is 30.3 Å². The highest BCUT2D eigenvalue weighted by molar-refractivity contribution is 6.00. The Kier molecular flexibility index (Phi) is 7.48. The fourth-order valence-corrected chi connectivity index (χ4v) is 5.90. The number of rotatable bonds is 8. The highest BCUT2D eigenvalue weighted by atomic mass is 16.2. The summed E-state index contributed by atoms with van der Waals surface area (Å²) in [5.41, 5.74) is 18.0. The van der Waals surface area contributed by atoms with Gasteiger partial charge in [-0.05, 0) is 36.2 Å². The molecule has 2 saturated heterocycles. The van der Waals surface area contributed by atoms with E-state index in [4.69, 9.17) is 17.2 Å². The van der Waals surface area contributed by atoms with E-state index >= 15 is 0 Å². The lowest BCUT2D eigenvalue weighted by Gasteiger charge is -2.18. The van der Waals surface area contributed by atoms with Gasteiger partial charge in [0, 0.05) is 49.3 Å². The molecule has 0 radical (unpaired) electrons. The average Bonchev–Trinajstić information content (AvgIpc) is 3.36. The largest absolute Gasteiger partial charge is 0.369 e. The second-order valence-electron chi connectivity index (χ2n) is 11.0. The van der Waals surface area contributed by atoms with Gasteiger partial charge in [0.05, 0.1) is 23.7 Å². The number of nitrogens with zero attached hydrogens (tertiary/aromatic N) is 2. The smallest absolute Gasteiger partial charge is 0.253 e. The first-order valence-corrected chi connectivity index (χ1v) is 13.5. The number of primary amides is 3. The van der Waals surface area contributed by atoms with Crippen LogP contribution in [0.5, 0.6) is 0 Å². The van der Waals surface area contributed by atoms with E-state index in [-0.39, 0.29) is 55.2 Å². The second-order valence-corrected chi connectivity index (χ2v) is 11.0. The predicted molar refractivity (Wildman–Crippen MR) is 146 cm³/mol. The Morgan fingerprint density at radius 3 is 1.46 bits per heavy atom. The number of nitrogens with one attached hydrogen (secondary N) is 1. The molecule has 0 aromatic heterocycles. The third kappa shape index (κ3) is 5.63. The first-order chi connectivity index (χ1) is 19.5. The monoisotopic (exact) mass is 560 g/mol. The maximum Gasteiger partial charge on any atom is 0.253 e. The van der Waals surface area contributed by atoms with Gasteiger partial charge < -0.3 is 32.3 Å². The highest BCUT2D eigenvalue weighted by Gasteiger charge is 2.46. The zero-order valence-electron chi connectivity index (χ0n) is 22.3. The second kappa shape index (κ2) is 11.0. The molecule has 0 unspecified atom stereocenters. The molecular formula is C29H32N6O6. The molecule has 2 aliphatic heterocycles.